The van der Waals surface area contributed by atoms with Crippen molar-refractivity contribution in [2.24, 2.45) is 5.92 Å². The van der Waals surface area contributed by atoms with Gasteiger partial charge in [0.25, 0.3) is 0 Å². The molecule has 2 aromatic carbocycles. The summed E-state index contributed by atoms with van der Waals surface area (Å²) in [5.41, 5.74) is 2.38. The lowest BCUT2D eigenvalue weighted by atomic mass is 10.1. The molecule has 4 heteroatoms. The first-order valence-corrected chi connectivity index (χ1v) is 9.73. The smallest absolute Gasteiger partial charge is 0.322 e. The van der Waals surface area contributed by atoms with Gasteiger partial charge in [0, 0.05) is 13.1 Å². The highest BCUT2D eigenvalue weighted by Crippen LogP contribution is 2.30. The molecule has 1 fully saturated rings. The van der Waals surface area contributed by atoms with E-state index in [0.717, 1.165) is 36.7 Å². The second-order valence-electron chi connectivity index (χ2n) is 7.31. The summed E-state index contributed by atoms with van der Waals surface area (Å²) < 4.78 is 10.9. The van der Waals surface area contributed by atoms with E-state index in [9.17, 15) is 4.79 Å². The van der Waals surface area contributed by atoms with E-state index in [1.54, 1.807) is 0 Å². The van der Waals surface area contributed by atoms with Gasteiger partial charge in [-0.2, -0.15) is 0 Å². The van der Waals surface area contributed by atoms with Crippen LogP contribution >= 0.6 is 0 Å². The highest BCUT2D eigenvalue weighted by atomic mass is 16.5. The van der Waals surface area contributed by atoms with Crippen LogP contribution in [0.3, 0.4) is 0 Å². The molecule has 0 aromatic heterocycles. The molecular weight excluding hydrogens is 338 g/mol. The van der Waals surface area contributed by atoms with Gasteiger partial charge in [-0.3, -0.25) is 9.69 Å². The first-order valence-electron chi connectivity index (χ1n) is 9.73. The molecule has 0 spiro atoms. The summed E-state index contributed by atoms with van der Waals surface area (Å²) in [6, 6.07) is 18.2. The standard InChI is InChI=1S/C23H29NO3/c1-18(23(25)26-2)24(16-20-11-12-20)14-13-19-9-6-10-22(15-19)27-17-21-7-4-3-5-8-21/h3-10,15,18,20H,11-14,16-17H2,1-2H3. The van der Waals surface area contributed by atoms with E-state index in [2.05, 4.69) is 29.2 Å². The molecule has 27 heavy (non-hydrogen) atoms. The number of hydrogen-bond donors (Lipinski definition) is 0. The molecule has 144 valence electrons. The zero-order valence-electron chi connectivity index (χ0n) is 16.3. The number of carbonyl (C=O) groups is 1. The minimum Gasteiger partial charge on any atom is -0.489 e. The second kappa shape index (κ2) is 9.56. The van der Waals surface area contributed by atoms with E-state index in [-0.39, 0.29) is 12.0 Å². The van der Waals surface area contributed by atoms with Crippen molar-refractivity contribution in [1.29, 1.82) is 0 Å². The van der Waals surface area contributed by atoms with Crippen molar-refractivity contribution in [3.63, 3.8) is 0 Å². The van der Waals surface area contributed by atoms with E-state index in [0.29, 0.717) is 6.61 Å². The van der Waals surface area contributed by atoms with Gasteiger partial charge in [0.15, 0.2) is 0 Å². The molecule has 1 saturated carbocycles. The molecule has 1 aliphatic carbocycles. The van der Waals surface area contributed by atoms with Gasteiger partial charge in [-0.15, -0.1) is 0 Å². The van der Waals surface area contributed by atoms with Gasteiger partial charge in [-0.05, 0) is 55.4 Å². The molecule has 0 heterocycles. The summed E-state index contributed by atoms with van der Waals surface area (Å²) >= 11 is 0. The number of hydrogen-bond acceptors (Lipinski definition) is 4. The van der Waals surface area contributed by atoms with Crippen molar-refractivity contribution in [1.82, 2.24) is 4.90 Å². The maximum atomic E-state index is 12.0. The van der Waals surface area contributed by atoms with Crippen molar-refractivity contribution < 1.29 is 14.3 Å². The summed E-state index contributed by atoms with van der Waals surface area (Å²) in [7, 11) is 1.46. The Morgan fingerprint density at radius 2 is 1.85 bits per heavy atom. The van der Waals surface area contributed by atoms with Gasteiger partial charge in [-0.1, -0.05) is 42.5 Å². The van der Waals surface area contributed by atoms with Crippen molar-refractivity contribution >= 4 is 5.97 Å². The van der Waals surface area contributed by atoms with E-state index >= 15 is 0 Å². The van der Waals surface area contributed by atoms with E-state index in [1.165, 1.54) is 25.5 Å². The van der Waals surface area contributed by atoms with Gasteiger partial charge in [0.1, 0.15) is 18.4 Å². The number of nitrogens with zero attached hydrogens (tertiary/aromatic N) is 1. The van der Waals surface area contributed by atoms with Crippen LogP contribution in [0.4, 0.5) is 0 Å². The van der Waals surface area contributed by atoms with Gasteiger partial charge < -0.3 is 9.47 Å². The SMILES string of the molecule is COC(=O)C(C)N(CCc1cccc(OCc2ccccc2)c1)CC1CC1. The van der Waals surface area contributed by atoms with Crippen LogP contribution in [0.5, 0.6) is 5.75 Å². The van der Waals surface area contributed by atoms with Crippen molar-refractivity contribution in [3.8, 4) is 5.75 Å². The maximum absolute atomic E-state index is 12.0. The Balaban J connectivity index is 1.56. The highest BCUT2D eigenvalue weighted by molar-refractivity contribution is 5.75. The van der Waals surface area contributed by atoms with E-state index < -0.39 is 0 Å². The molecule has 0 amide bonds. The third-order valence-corrected chi connectivity index (χ3v) is 5.11. The van der Waals surface area contributed by atoms with Crippen molar-refractivity contribution in [2.75, 3.05) is 20.2 Å². The Labute approximate surface area is 162 Å². The van der Waals surface area contributed by atoms with Crippen molar-refractivity contribution in [3.05, 3.63) is 65.7 Å². The van der Waals surface area contributed by atoms with Crippen LogP contribution in [-0.2, 0) is 22.6 Å². The minimum atomic E-state index is -0.201. The first kappa shape index (κ1) is 19.4. The lowest BCUT2D eigenvalue weighted by Gasteiger charge is -2.27. The average molecular weight is 367 g/mol. The number of benzene rings is 2. The summed E-state index contributed by atoms with van der Waals surface area (Å²) in [6.07, 6.45) is 3.43. The monoisotopic (exact) mass is 367 g/mol. The van der Waals surface area contributed by atoms with Crippen LogP contribution in [0.1, 0.15) is 30.9 Å². The Morgan fingerprint density at radius 1 is 1.11 bits per heavy atom. The number of rotatable bonds is 10. The molecule has 1 aliphatic rings. The van der Waals surface area contributed by atoms with Gasteiger partial charge in [-0.25, -0.2) is 0 Å². The van der Waals surface area contributed by atoms with E-state index in [1.807, 2.05) is 37.3 Å². The lowest BCUT2D eigenvalue weighted by molar-refractivity contribution is -0.146. The Kier molecular flexibility index (Phi) is 6.88. The highest BCUT2D eigenvalue weighted by Gasteiger charge is 2.29. The fourth-order valence-electron chi connectivity index (χ4n) is 3.20. The number of methoxy groups -OCH3 is 1. The summed E-state index contributed by atoms with van der Waals surface area (Å²) in [4.78, 5) is 14.2. The van der Waals surface area contributed by atoms with Gasteiger partial charge in [0.05, 0.1) is 7.11 Å². The molecule has 4 nitrogen and oxygen atoms in total. The Hall–Kier alpha value is -2.33. The van der Waals surface area contributed by atoms with Crippen LogP contribution in [-0.4, -0.2) is 37.1 Å². The molecule has 0 bridgehead atoms. The summed E-state index contributed by atoms with van der Waals surface area (Å²) in [5, 5.41) is 0. The largest absolute Gasteiger partial charge is 0.489 e. The Bertz CT molecular complexity index is 727. The molecule has 0 N–H and O–H groups in total. The molecule has 0 radical (unpaired) electrons. The molecule has 1 atom stereocenters. The normalized spacial score (nSPS) is 14.8. The van der Waals surface area contributed by atoms with E-state index in [4.69, 9.17) is 9.47 Å². The van der Waals surface area contributed by atoms with Crippen LogP contribution in [0.2, 0.25) is 0 Å². The summed E-state index contributed by atoms with van der Waals surface area (Å²) in [6.45, 7) is 4.32. The quantitative estimate of drug-likeness (QED) is 0.593. The molecule has 0 aliphatic heterocycles. The molecule has 1 unspecified atom stereocenters. The van der Waals surface area contributed by atoms with Crippen LogP contribution in [0, 0.1) is 5.92 Å². The second-order valence-corrected chi connectivity index (χ2v) is 7.31. The van der Waals surface area contributed by atoms with Crippen LogP contribution in [0.15, 0.2) is 54.6 Å². The number of carbonyl (C=O) groups excluding carboxylic acids is 1. The number of ether oxygens (including phenoxy) is 2. The summed E-state index contributed by atoms with van der Waals surface area (Å²) in [5.74, 6) is 1.46. The lowest BCUT2D eigenvalue weighted by Crippen LogP contribution is -2.42. The third-order valence-electron chi connectivity index (χ3n) is 5.11. The average Bonchev–Trinajstić information content (AvgIpc) is 3.53. The zero-order chi connectivity index (χ0) is 19.1. The van der Waals surface area contributed by atoms with Crippen LogP contribution < -0.4 is 4.74 Å². The topological polar surface area (TPSA) is 38.8 Å². The molecule has 3 rings (SSSR count). The zero-order valence-corrected chi connectivity index (χ0v) is 16.3. The molecular formula is C23H29NO3. The van der Waals surface area contributed by atoms with Crippen LogP contribution in [0.25, 0.3) is 0 Å². The first-order chi connectivity index (χ1) is 13.2. The number of esters is 1. The predicted molar refractivity (Wildman–Crippen MR) is 107 cm³/mol. The predicted octanol–water partition coefficient (Wildman–Crippen LogP) is 4.08. The van der Waals surface area contributed by atoms with Gasteiger partial charge in [0.2, 0.25) is 0 Å². The Morgan fingerprint density at radius 3 is 2.56 bits per heavy atom. The minimum absolute atomic E-state index is 0.157. The van der Waals surface area contributed by atoms with Crippen molar-refractivity contribution in [2.45, 2.75) is 38.8 Å². The fourth-order valence-corrected chi connectivity index (χ4v) is 3.20. The van der Waals surface area contributed by atoms with Gasteiger partial charge >= 0.3 is 5.97 Å². The third kappa shape index (κ3) is 6.10. The maximum Gasteiger partial charge on any atom is 0.322 e. The molecule has 0 saturated heterocycles. The fraction of sp³-hybridized carbons (Fsp3) is 0.435. The molecule has 2 aromatic rings.